The van der Waals surface area contributed by atoms with Crippen LogP contribution < -0.4 is 16.6 Å². The summed E-state index contributed by atoms with van der Waals surface area (Å²) in [5.74, 6) is -1.72. The topological polar surface area (TPSA) is 134 Å². The van der Waals surface area contributed by atoms with Crippen LogP contribution in [0.15, 0.2) is 38.4 Å². The highest BCUT2D eigenvalue weighted by Gasteiger charge is 2.23. The maximum Gasteiger partial charge on any atom is 0.351 e. The number of halogens is 1. The van der Waals surface area contributed by atoms with Crippen LogP contribution in [0.5, 0.6) is 0 Å². The molecule has 1 N–H and O–H groups in total. The van der Waals surface area contributed by atoms with E-state index in [9.17, 15) is 18.8 Å². The van der Waals surface area contributed by atoms with Gasteiger partial charge in [0.15, 0.2) is 5.69 Å². The van der Waals surface area contributed by atoms with E-state index in [4.69, 9.17) is 9.26 Å². The van der Waals surface area contributed by atoms with Crippen molar-refractivity contribution in [3.63, 3.8) is 0 Å². The molecule has 1 aliphatic heterocycles. The second kappa shape index (κ2) is 7.99. The van der Waals surface area contributed by atoms with Gasteiger partial charge in [-0.25, -0.2) is 9.18 Å². The number of rotatable bonds is 5. The van der Waals surface area contributed by atoms with Crippen LogP contribution >= 0.6 is 0 Å². The van der Waals surface area contributed by atoms with E-state index in [0.717, 1.165) is 34.2 Å². The van der Waals surface area contributed by atoms with Gasteiger partial charge < -0.3 is 14.6 Å². The molecular weight excluding hydrogens is 399 g/mol. The lowest BCUT2D eigenvalue weighted by atomic mass is 10.2. The van der Waals surface area contributed by atoms with E-state index in [2.05, 4.69) is 20.6 Å². The van der Waals surface area contributed by atoms with Crippen molar-refractivity contribution in [3.05, 3.63) is 56.8 Å². The zero-order valence-corrected chi connectivity index (χ0v) is 15.9. The van der Waals surface area contributed by atoms with E-state index >= 15 is 0 Å². The molecule has 1 aromatic carbocycles. The fourth-order valence-corrected chi connectivity index (χ4v) is 2.96. The number of benzene rings is 1. The largest absolute Gasteiger partial charge is 0.376 e. The van der Waals surface area contributed by atoms with E-state index < -0.39 is 23.0 Å². The Morgan fingerprint density at radius 1 is 1.30 bits per heavy atom. The highest BCUT2D eigenvalue weighted by Crippen LogP contribution is 2.12. The van der Waals surface area contributed by atoms with E-state index in [1.165, 1.54) is 19.2 Å². The van der Waals surface area contributed by atoms with Crippen LogP contribution in [0.25, 0.3) is 17.2 Å². The molecule has 1 fully saturated rings. The predicted octanol–water partition coefficient (Wildman–Crippen LogP) is 0.0291. The molecule has 0 radical (unpaired) electrons. The maximum atomic E-state index is 13.2. The Balaban J connectivity index is 1.64. The fraction of sp³-hybridized carbons (Fsp3) is 0.333. The van der Waals surface area contributed by atoms with Gasteiger partial charge in [0, 0.05) is 20.2 Å². The molecular formula is C18H17FN6O5. The summed E-state index contributed by atoms with van der Waals surface area (Å²) in [5.41, 5.74) is -1.58. The summed E-state index contributed by atoms with van der Waals surface area (Å²) in [6, 6.07) is 4.97. The van der Waals surface area contributed by atoms with E-state index in [0.29, 0.717) is 13.2 Å². The molecule has 4 rings (SSSR count). The Kier molecular flexibility index (Phi) is 5.23. The monoisotopic (exact) mass is 416 g/mol. The Labute approximate surface area is 168 Å². The van der Waals surface area contributed by atoms with Crippen molar-refractivity contribution in [2.45, 2.75) is 18.9 Å². The Morgan fingerprint density at radius 2 is 2.07 bits per heavy atom. The highest BCUT2D eigenvalue weighted by atomic mass is 19.1. The normalized spacial score (nSPS) is 16.0. The summed E-state index contributed by atoms with van der Waals surface area (Å²) >= 11 is 0. The van der Waals surface area contributed by atoms with Gasteiger partial charge in [0.05, 0.1) is 11.8 Å². The SMILES string of the molecule is Cn1c(=O)c(-c2noc(C(=O)NC[C@H]3CCCO3)n2)nn(-c2ccc(F)cc2)c1=O. The average molecular weight is 416 g/mol. The second-order valence-electron chi connectivity index (χ2n) is 6.65. The second-order valence-corrected chi connectivity index (χ2v) is 6.65. The van der Waals surface area contributed by atoms with Gasteiger partial charge in [-0.1, -0.05) is 5.16 Å². The lowest BCUT2D eigenvalue weighted by molar-refractivity contribution is 0.0822. The molecule has 1 amide bonds. The molecule has 0 unspecified atom stereocenters. The zero-order chi connectivity index (χ0) is 21.3. The highest BCUT2D eigenvalue weighted by molar-refractivity contribution is 5.89. The Morgan fingerprint density at radius 3 is 2.77 bits per heavy atom. The van der Waals surface area contributed by atoms with Crippen molar-refractivity contribution in [1.82, 2.24) is 29.8 Å². The van der Waals surface area contributed by atoms with Crippen LogP contribution in [0.1, 0.15) is 23.5 Å². The van der Waals surface area contributed by atoms with Gasteiger partial charge >= 0.3 is 17.5 Å². The molecule has 0 bridgehead atoms. The average Bonchev–Trinajstić information content (AvgIpc) is 3.44. The number of nitrogens with one attached hydrogen (secondary N) is 1. The molecule has 0 spiro atoms. The van der Waals surface area contributed by atoms with Crippen molar-refractivity contribution < 1.29 is 18.4 Å². The molecule has 3 aromatic rings. The Bertz CT molecular complexity index is 1190. The van der Waals surface area contributed by atoms with E-state index in [-0.39, 0.29) is 29.2 Å². The van der Waals surface area contributed by atoms with Gasteiger partial charge in [-0.2, -0.15) is 14.8 Å². The first-order valence-corrected chi connectivity index (χ1v) is 9.14. The summed E-state index contributed by atoms with van der Waals surface area (Å²) in [5, 5.41) is 10.3. The van der Waals surface area contributed by atoms with Crippen LogP contribution in [-0.4, -0.2) is 49.7 Å². The van der Waals surface area contributed by atoms with Crippen molar-refractivity contribution >= 4 is 5.91 Å². The third-order valence-corrected chi connectivity index (χ3v) is 4.59. The quantitative estimate of drug-likeness (QED) is 0.616. The van der Waals surface area contributed by atoms with E-state index in [1.807, 2.05) is 0 Å². The third-order valence-electron chi connectivity index (χ3n) is 4.59. The lowest BCUT2D eigenvalue weighted by Crippen LogP contribution is -2.40. The number of hydrogen-bond acceptors (Lipinski definition) is 8. The van der Waals surface area contributed by atoms with Gasteiger partial charge in [-0.05, 0) is 37.1 Å². The first-order valence-electron chi connectivity index (χ1n) is 9.14. The van der Waals surface area contributed by atoms with Crippen molar-refractivity contribution in [3.8, 4) is 17.2 Å². The number of nitrogens with zero attached hydrogens (tertiary/aromatic N) is 5. The minimum Gasteiger partial charge on any atom is -0.376 e. The third kappa shape index (κ3) is 3.76. The van der Waals surface area contributed by atoms with Crippen LogP contribution in [0, 0.1) is 5.82 Å². The summed E-state index contributed by atoms with van der Waals surface area (Å²) in [4.78, 5) is 41.0. The number of carbonyl (C=O) groups is 1. The van der Waals surface area contributed by atoms with Gasteiger partial charge in [-0.3, -0.25) is 14.2 Å². The molecule has 3 heterocycles. The molecule has 0 saturated carbocycles. The molecule has 30 heavy (non-hydrogen) atoms. The van der Waals surface area contributed by atoms with Crippen LogP contribution in [0.2, 0.25) is 0 Å². The minimum atomic E-state index is -0.773. The fourth-order valence-electron chi connectivity index (χ4n) is 2.96. The molecule has 1 saturated heterocycles. The molecule has 156 valence electrons. The smallest absolute Gasteiger partial charge is 0.351 e. The van der Waals surface area contributed by atoms with Crippen molar-refractivity contribution in [1.29, 1.82) is 0 Å². The van der Waals surface area contributed by atoms with Crippen molar-refractivity contribution in [2.75, 3.05) is 13.2 Å². The number of hydrogen-bond donors (Lipinski definition) is 1. The first kappa shape index (κ1) is 19.6. The molecule has 2 aromatic heterocycles. The molecule has 0 aliphatic carbocycles. The number of amides is 1. The molecule has 1 aliphatic rings. The van der Waals surface area contributed by atoms with Gasteiger partial charge in [0.25, 0.3) is 5.56 Å². The van der Waals surface area contributed by atoms with Crippen LogP contribution in [0.3, 0.4) is 0 Å². The predicted molar refractivity (Wildman–Crippen MR) is 99.6 cm³/mol. The number of aromatic nitrogens is 5. The van der Waals surface area contributed by atoms with E-state index in [1.54, 1.807) is 0 Å². The lowest BCUT2D eigenvalue weighted by Gasteiger charge is -2.08. The minimum absolute atomic E-state index is 0.0652. The summed E-state index contributed by atoms with van der Waals surface area (Å²) in [7, 11) is 1.26. The zero-order valence-electron chi connectivity index (χ0n) is 15.9. The number of carbonyl (C=O) groups excluding carboxylic acids is 1. The molecule has 1 atom stereocenters. The van der Waals surface area contributed by atoms with Gasteiger partial charge in [0.2, 0.25) is 5.82 Å². The summed E-state index contributed by atoms with van der Waals surface area (Å²) in [6.07, 6.45) is 1.72. The Hall–Kier alpha value is -3.67. The van der Waals surface area contributed by atoms with Gasteiger partial charge in [0.1, 0.15) is 5.82 Å². The standard InChI is InChI=1S/C18H17FN6O5/c1-24-17(27)13(22-25(18(24)28)11-6-4-10(19)5-7-11)14-21-16(30-23-14)15(26)20-9-12-3-2-8-29-12/h4-7,12H,2-3,8-9H2,1H3,(H,20,26)/t12-/m1/s1. The van der Waals surface area contributed by atoms with Gasteiger partial charge in [-0.15, -0.1) is 0 Å². The summed E-state index contributed by atoms with van der Waals surface area (Å²) in [6.45, 7) is 0.954. The molecule has 11 nitrogen and oxygen atoms in total. The summed E-state index contributed by atoms with van der Waals surface area (Å²) < 4.78 is 25.3. The number of ether oxygens (including phenoxy) is 1. The van der Waals surface area contributed by atoms with Crippen LogP contribution in [-0.2, 0) is 11.8 Å². The molecule has 12 heteroatoms. The first-order chi connectivity index (χ1) is 14.4. The van der Waals surface area contributed by atoms with Crippen LogP contribution in [0.4, 0.5) is 4.39 Å². The van der Waals surface area contributed by atoms with Crippen molar-refractivity contribution in [2.24, 2.45) is 7.05 Å². The maximum absolute atomic E-state index is 13.2.